The molecule has 0 spiro atoms. The van der Waals surface area contributed by atoms with Crippen LogP contribution in [0.1, 0.15) is 18.8 Å². The molecule has 0 radical (unpaired) electrons. The first kappa shape index (κ1) is 12.0. The van der Waals surface area contributed by atoms with Gasteiger partial charge in [0.1, 0.15) is 23.7 Å². The molecule has 0 aliphatic heterocycles. The quantitative estimate of drug-likeness (QED) is 0.640. The van der Waals surface area contributed by atoms with Crippen molar-refractivity contribution in [1.82, 2.24) is 15.2 Å². The van der Waals surface area contributed by atoms with Crippen molar-refractivity contribution in [3.8, 4) is 0 Å². The second kappa shape index (κ2) is 4.78. The molecule has 1 heterocycles. The van der Waals surface area contributed by atoms with Crippen molar-refractivity contribution >= 4 is 11.4 Å². The minimum absolute atomic E-state index is 0.227. The molecule has 0 saturated heterocycles. The van der Waals surface area contributed by atoms with Crippen molar-refractivity contribution in [3.63, 3.8) is 0 Å². The molecule has 0 fully saturated rings. The van der Waals surface area contributed by atoms with E-state index in [9.17, 15) is 14.5 Å². The maximum Gasteiger partial charge on any atom is 0.295 e. The number of hydrogen-bond acceptors (Lipinski definition) is 5. The molecule has 1 unspecified atom stereocenters. The number of rotatable bonds is 4. The predicted molar refractivity (Wildman–Crippen MR) is 61.5 cm³/mol. The smallest absolute Gasteiger partial charge is 0.295 e. The number of hydrogen-bond donors (Lipinski definition) is 2. The molecule has 0 aliphatic carbocycles. The summed E-state index contributed by atoms with van der Waals surface area (Å²) < 4.78 is 13.0. The van der Waals surface area contributed by atoms with E-state index in [0.717, 1.165) is 12.1 Å². The van der Waals surface area contributed by atoms with Gasteiger partial charge in [-0.05, 0) is 19.1 Å². The zero-order valence-electron chi connectivity index (χ0n) is 9.42. The first-order valence-electron chi connectivity index (χ1n) is 5.13. The Morgan fingerprint density at radius 1 is 1.56 bits per heavy atom. The Kier molecular flexibility index (Phi) is 3.18. The van der Waals surface area contributed by atoms with Crippen LogP contribution in [0, 0.1) is 15.9 Å². The van der Waals surface area contributed by atoms with Gasteiger partial charge in [0, 0.05) is 0 Å². The maximum atomic E-state index is 13.0. The van der Waals surface area contributed by atoms with Gasteiger partial charge in [0.2, 0.25) is 0 Å². The predicted octanol–water partition coefficient (Wildman–Crippen LogP) is 2.03. The lowest BCUT2D eigenvalue weighted by atomic mass is 10.2. The highest BCUT2D eigenvalue weighted by Crippen LogP contribution is 2.27. The number of nitrogens with one attached hydrogen (secondary N) is 2. The summed E-state index contributed by atoms with van der Waals surface area (Å²) >= 11 is 0. The molecule has 2 aromatic rings. The van der Waals surface area contributed by atoms with Crippen LogP contribution in [-0.4, -0.2) is 20.1 Å². The fourth-order valence-corrected chi connectivity index (χ4v) is 1.50. The van der Waals surface area contributed by atoms with Crippen molar-refractivity contribution in [2.75, 3.05) is 5.32 Å². The standard InChI is InChI=1S/C10H10FN5O2/c1-6(10-12-5-13-15-10)14-8-3-2-7(11)4-9(8)16(17)18/h2-6,14H,1H3,(H,12,13,15). The third kappa shape index (κ3) is 2.42. The summed E-state index contributed by atoms with van der Waals surface area (Å²) in [5.74, 6) is -0.117. The number of H-pyrrole nitrogens is 1. The summed E-state index contributed by atoms with van der Waals surface area (Å²) in [5, 5.41) is 20.0. The SMILES string of the molecule is CC(Nc1ccc(F)cc1[N+](=O)[O-])c1ncn[nH]1. The lowest BCUT2D eigenvalue weighted by Gasteiger charge is -2.12. The van der Waals surface area contributed by atoms with Crippen molar-refractivity contribution in [2.24, 2.45) is 0 Å². The van der Waals surface area contributed by atoms with E-state index in [4.69, 9.17) is 0 Å². The van der Waals surface area contributed by atoms with Gasteiger partial charge in [-0.3, -0.25) is 15.2 Å². The highest BCUT2D eigenvalue weighted by molar-refractivity contribution is 5.61. The van der Waals surface area contributed by atoms with Gasteiger partial charge in [-0.15, -0.1) is 0 Å². The Bertz CT molecular complexity index is 557. The second-order valence-corrected chi connectivity index (χ2v) is 3.66. The van der Waals surface area contributed by atoms with E-state index >= 15 is 0 Å². The maximum absolute atomic E-state index is 13.0. The normalized spacial score (nSPS) is 12.1. The monoisotopic (exact) mass is 251 g/mol. The fraction of sp³-hybridized carbons (Fsp3) is 0.200. The number of anilines is 1. The molecule has 1 atom stereocenters. The second-order valence-electron chi connectivity index (χ2n) is 3.66. The summed E-state index contributed by atoms with van der Waals surface area (Å²) in [7, 11) is 0. The number of benzene rings is 1. The van der Waals surface area contributed by atoms with Crippen LogP contribution in [0.4, 0.5) is 15.8 Å². The molecule has 2 rings (SSSR count). The Hall–Kier alpha value is -2.51. The molecule has 0 bridgehead atoms. The molecule has 8 heteroatoms. The molecule has 0 aliphatic rings. The highest BCUT2D eigenvalue weighted by atomic mass is 19.1. The van der Waals surface area contributed by atoms with Gasteiger partial charge >= 0.3 is 0 Å². The van der Waals surface area contributed by atoms with Gasteiger partial charge in [0.15, 0.2) is 0 Å². The third-order valence-electron chi connectivity index (χ3n) is 2.37. The van der Waals surface area contributed by atoms with Crippen LogP contribution in [0.2, 0.25) is 0 Å². The minimum Gasteiger partial charge on any atom is -0.370 e. The summed E-state index contributed by atoms with van der Waals surface area (Å²) in [6.45, 7) is 1.76. The van der Waals surface area contributed by atoms with Gasteiger partial charge < -0.3 is 5.32 Å². The lowest BCUT2D eigenvalue weighted by Crippen LogP contribution is -2.10. The molecule has 0 amide bonds. The van der Waals surface area contributed by atoms with Crippen LogP contribution in [-0.2, 0) is 0 Å². The van der Waals surface area contributed by atoms with E-state index in [1.54, 1.807) is 6.92 Å². The Morgan fingerprint density at radius 3 is 2.94 bits per heavy atom. The van der Waals surface area contributed by atoms with Crippen molar-refractivity contribution in [2.45, 2.75) is 13.0 Å². The number of halogens is 1. The van der Waals surface area contributed by atoms with Crippen molar-refractivity contribution in [1.29, 1.82) is 0 Å². The average Bonchev–Trinajstić information content (AvgIpc) is 2.84. The molecule has 18 heavy (non-hydrogen) atoms. The van der Waals surface area contributed by atoms with Crippen LogP contribution in [0.15, 0.2) is 24.5 Å². The molecular formula is C10H10FN5O2. The van der Waals surface area contributed by atoms with Gasteiger partial charge in [-0.1, -0.05) is 0 Å². The molecular weight excluding hydrogens is 241 g/mol. The van der Waals surface area contributed by atoms with Crippen LogP contribution >= 0.6 is 0 Å². The van der Waals surface area contributed by atoms with Crippen LogP contribution < -0.4 is 5.32 Å². The molecule has 7 nitrogen and oxygen atoms in total. The van der Waals surface area contributed by atoms with Crippen LogP contribution in [0.5, 0.6) is 0 Å². The number of nitro groups is 1. The summed E-state index contributed by atoms with van der Waals surface area (Å²) in [5.41, 5.74) is -0.0911. The number of aromatic amines is 1. The molecule has 1 aromatic carbocycles. The fourth-order valence-electron chi connectivity index (χ4n) is 1.50. The van der Waals surface area contributed by atoms with Crippen molar-refractivity contribution in [3.05, 3.63) is 46.3 Å². The summed E-state index contributed by atoms with van der Waals surface area (Å²) in [6.07, 6.45) is 1.34. The Labute approximate surface area is 101 Å². The average molecular weight is 251 g/mol. The topological polar surface area (TPSA) is 96.7 Å². The van der Waals surface area contributed by atoms with Gasteiger partial charge in [0.05, 0.1) is 17.0 Å². The number of nitrogens with zero attached hydrogens (tertiary/aromatic N) is 3. The van der Waals surface area contributed by atoms with Crippen LogP contribution in [0.25, 0.3) is 0 Å². The van der Waals surface area contributed by atoms with Crippen LogP contribution in [0.3, 0.4) is 0 Å². The third-order valence-corrected chi connectivity index (χ3v) is 2.37. The number of nitro benzene ring substituents is 1. The van der Waals surface area contributed by atoms with E-state index in [-0.39, 0.29) is 17.4 Å². The molecule has 94 valence electrons. The first-order chi connectivity index (χ1) is 8.58. The molecule has 2 N–H and O–H groups in total. The Balaban J connectivity index is 2.26. The molecule has 1 aromatic heterocycles. The summed E-state index contributed by atoms with van der Waals surface area (Å²) in [6, 6.07) is 3.04. The summed E-state index contributed by atoms with van der Waals surface area (Å²) in [4.78, 5) is 14.1. The zero-order valence-corrected chi connectivity index (χ0v) is 9.42. The van der Waals surface area contributed by atoms with E-state index in [0.29, 0.717) is 5.82 Å². The Morgan fingerprint density at radius 2 is 2.33 bits per heavy atom. The van der Waals surface area contributed by atoms with Crippen molar-refractivity contribution < 1.29 is 9.31 Å². The highest BCUT2D eigenvalue weighted by Gasteiger charge is 2.18. The van der Waals surface area contributed by atoms with Gasteiger partial charge in [0.25, 0.3) is 5.69 Å². The van der Waals surface area contributed by atoms with E-state index in [1.807, 2.05) is 0 Å². The van der Waals surface area contributed by atoms with E-state index in [1.165, 1.54) is 12.4 Å². The van der Waals surface area contributed by atoms with E-state index in [2.05, 4.69) is 20.5 Å². The largest absolute Gasteiger partial charge is 0.370 e. The zero-order chi connectivity index (χ0) is 13.1. The number of aromatic nitrogens is 3. The lowest BCUT2D eigenvalue weighted by molar-refractivity contribution is -0.384. The first-order valence-corrected chi connectivity index (χ1v) is 5.13. The van der Waals surface area contributed by atoms with Gasteiger partial charge in [-0.2, -0.15) is 5.10 Å². The molecule has 0 saturated carbocycles. The minimum atomic E-state index is -0.653. The van der Waals surface area contributed by atoms with E-state index < -0.39 is 10.7 Å². The van der Waals surface area contributed by atoms with Gasteiger partial charge in [-0.25, -0.2) is 9.37 Å².